The Bertz CT molecular complexity index is 1520. The molecule has 4 rings (SSSR count). The maximum absolute atomic E-state index is 13.8. The number of carbonyl (C=O) groups excluding carboxylic acids is 1. The molecule has 1 unspecified atom stereocenters. The van der Waals surface area contributed by atoms with Crippen molar-refractivity contribution in [1.82, 2.24) is 10.2 Å². The van der Waals surface area contributed by atoms with E-state index in [-0.39, 0.29) is 43.6 Å². The maximum Gasteiger partial charge on any atom is 0.430 e. The summed E-state index contributed by atoms with van der Waals surface area (Å²) in [6.07, 6.45) is -14.8. The zero-order valence-corrected chi connectivity index (χ0v) is 23.3. The van der Waals surface area contributed by atoms with Gasteiger partial charge >= 0.3 is 18.4 Å². The second kappa shape index (κ2) is 11.4. The first kappa shape index (κ1) is 33.3. The lowest BCUT2D eigenvalue weighted by Gasteiger charge is -2.39. The van der Waals surface area contributed by atoms with Gasteiger partial charge in [-0.2, -0.15) is 26.3 Å². The number of halogens is 7. The summed E-state index contributed by atoms with van der Waals surface area (Å²) < 4.78 is 123. The van der Waals surface area contributed by atoms with Crippen molar-refractivity contribution in [3.63, 3.8) is 0 Å². The lowest BCUT2D eigenvalue weighted by Crippen LogP contribution is -2.54. The number of rotatable bonds is 7. The molecule has 1 fully saturated rings. The average Bonchev–Trinajstić information content (AvgIpc) is 3.32. The van der Waals surface area contributed by atoms with E-state index in [0.29, 0.717) is 22.5 Å². The Morgan fingerprint density at radius 1 is 1.02 bits per heavy atom. The van der Waals surface area contributed by atoms with Gasteiger partial charge in [-0.15, -0.1) is 0 Å². The number of carbonyl (C=O) groups is 2. The predicted octanol–water partition coefficient (Wildman–Crippen LogP) is 3.27. The number of anilines is 1. The lowest BCUT2D eigenvalue weighted by molar-refractivity contribution is -0.376. The van der Waals surface area contributed by atoms with Crippen LogP contribution < -0.4 is 9.62 Å². The number of aliphatic hydroxyl groups is 2. The number of amides is 2. The number of alkyl halides is 6. The molecule has 0 bridgehead atoms. The molecule has 2 amide bonds. The molecular formula is C26H26F7N3O7S. The van der Waals surface area contributed by atoms with E-state index >= 15 is 0 Å². The quantitative estimate of drug-likeness (QED) is 0.335. The van der Waals surface area contributed by atoms with Crippen molar-refractivity contribution in [3.8, 4) is 0 Å². The van der Waals surface area contributed by atoms with Gasteiger partial charge in [0.1, 0.15) is 11.4 Å². The number of hydrogen-bond donors (Lipinski definition) is 4. The van der Waals surface area contributed by atoms with Crippen molar-refractivity contribution in [2.75, 3.05) is 23.9 Å². The minimum absolute atomic E-state index is 0.00574. The number of fused-ring (bicyclic) bond motifs is 1. The van der Waals surface area contributed by atoms with E-state index in [1.807, 2.05) is 5.32 Å². The highest BCUT2D eigenvalue weighted by atomic mass is 32.2. The molecule has 2 aliphatic rings. The van der Waals surface area contributed by atoms with Crippen LogP contribution in [0.5, 0.6) is 0 Å². The van der Waals surface area contributed by atoms with Crippen molar-refractivity contribution >= 4 is 27.7 Å². The number of carboxylic acid groups (broad SMARTS) is 1. The minimum atomic E-state index is -6.18. The molecule has 2 aliphatic heterocycles. The van der Waals surface area contributed by atoms with Crippen LogP contribution in [-0.4, -0.2) is 84.3 Å². The maximum atomic E-state index is 13.8. The van der Waals surface area contributed by atoms with E-state index < -0.39 is 80.9 Å². The fourth-order valence-electron chi connectivity index (χ4n) is 5.37. The molecule has 2 heterocycles. The fraction of sp³-hybridized carbons (Fsp3) is 0.462. The largest absolute Gasteiger partial charge is 0.465 e. The Morgan fingerprint density at radius 2 is 1.64 bits per heavy atom. The standard InChI is InChI=1S/C26H26F7N3O7S/c27-17-3-6-19(7-4-17)44(42,43)36-18(12-21(37)35-10-9-23(40,14-35)13-34-22(38)39)5-1-15-11-16(2-8-20(15)36)24(41,25(28,29)30)26(31,32)33/h2-4,6-8,11,18,34,40-41H,1,5,9-10,12-14H2,(H,38,39)/t18-,23?/m0/s1. The Kier molecular flexibility index (Phi) is 8.60. The van der Waals surface area contributed by atoms with Crippen molar-refractivity contribution in [2.24, 2.45) is 0 Å². The molecule has 0 aliphatic carbocycles. The Balaban J connectivity index is 1.72. The highest BCUT2D eigenvalue weighted by molar-refractivity contribution is 7.92. The molecule has 0 saturated carbocycles. The normalized spacial score (nSPS) is 21.2. The van der Waals surface area contributed by atoms with Crippen LogP contribution in [0.2, 0.25) is 0 Å². The van der Waals surface area contributed by atoms with E-state index in [0.717, 1.165) is 24.3 Å². The van der Waals surface area contributed by atoms with Gasteiger partial charge in [0, 0.05) is 18.5 Å². The molecule has 10 nitrogen and oxygen atoms in total. The van der Waals surface area contributed by atoms with Crippen molar-refractivity contribution in [1.29, 1.82) is 0 Å². The van der Waals surface area contributed by atoms with Crippen molar-refractivity contribution in [3.05, 3.63) is 59.4 Å². The van der Waals surface area contributed by atoms with E-state index in [1.165, 1.54) is 4.90 Å². The summed E-state index contributed by atoms with van der Waals surface area (Å²) in [5.74, 6) is -1.46. The minimum Gasteiger partial charge on any atom is -0.465 e. The second-order valence-electron chi connectivity index (χ2n) is 10.6. The van der Waals surface area contributed by atoms with Crippen LogP contribution in [0.15, 0.2) is 47.4 Å². The fourth-order valence-corrected chi connectivity index (χ4v) is 7.08. The Labute approximate surface area is 245 Å². The first-order valence-electron chi connectivity index (χ1n) is 13.0. The van der Waals surface area contributed by atoms with Crippen molar-refractivity contribution in [2.45, 2.75) is 60.2 Å². The van der Waals surface area contributed by atoms with Gasteiger partial charge in [0.05, 0.1) is 29.7 Å². The third-order valence-electron chi connectivity index (χ3n) is 7.67. The number of β-amino-alcohol motifs (C(OH)–C–C–N with tert-alkyl or cyclic N) is 1. The predicted molar refractivity (Wildman–Crippen MR) is 137 cm³/mol. The molecule has 4 N–H and O–H groups in total. The summed E-state index contributed by atoms with van der Waals surface area (Å²) in [5.41, 5.74) is -9.09. The van der Waals surface area contributed by atoms with Gasteiger partial charge in [0.25, 0.3) is 15.6 Å². The van der Waals surface area contributed by atoms with Gasteiger partial charge in [-0.1, -0.05) is 12.1 Å². The molecule has 1 saturated heterocycles. The van der Waals surface area contributed by atoms with Gasteiger partial charge in [0.2, 0.25) is 5.91 Å². The molecule has 0 spiro atoms. The number of aryl methyl sites for hydroxylation is 1. The molecule has 44 heavy (non-hydrogen) atoms. The first-order valence-corrected chi connectivity index (χ1v) is 14.4. The van der Waals surface area contributed by atoms with Gasteiger partial charge in [-0.3, -0.25) is 9.10 Å². The van der Waals surface area contributed by atoms with E-state index in [1.54, 1.807) is 0 Å². The summed E-state index contributed by atoms with van der Waals surface area (Å²) in [6.45, 7) is -0.697. The lowest BCUT2D eigenvalue weighted by atomic mass is 9.87. The smallest absolute Gasteiger partial charge is 0.430 e. The molecule has 2 atom stereocenters. The van der Waals surface area contributed by atoms with Crippen LogP contribution in [0, 0.1) is 5.82 Å². The van der Waals surface area contributed by atoms with Gasteiger partial charge in [-0.05, 0) is 55.2 Å². The van der Waals surface area contributed by atoms with Crippen LogP contribution in [0.1, 0.15) is 30.4 Å². The molecule has 0 aromatic heterocycles. The summed E-state index contributed by atoms with van der Waals surface area (Å²) in [5, 5.41) is 31.3. The first-order chi connectivity index (χ1) is 20.2. The van der Waals surface area contributed by atoms with Crippen LogP contribution in [0.4, 0.5) is 41.2 Å². The third-order valence-corrected chi connectivity index (χ3v) is 9.55. The summed E-state index contributed by atoms with van der Waals surface area (Å²) in [7, 11) is -4.69. The number of likely N-dealkylation sites (tertiary alicyclic amines) is 1. The summed E-state index contributed by atoms with van der Waals surface area (Å²) in [4.78, 5) is 24.7. The zero-order chi connectivity index (χ0) is 32.9. The van der Waals surface area contributed by atoms with E-state index in [4.69, 9.17) is 5.11 Å². The van der Waals surface area contributed by atoms with Crippen LogP contribution in [0.3, 0.4) is 0 Å². The monoisotopic (exact) mass is 657 g/mol. The van der Waals surface area contributed by atoms with E-state index in [9.17, 15) is 59.0 Å². The Morgan fingerprint density at radius 3 is 2.20 bits per heavy atom. The Hall–Kier alpha value is -3.64. The number of hydrogen-bond acceptors (Lipinski definition) is 6. The molecule has 2 aromatic carbocycles. The number of nitrogens with one attached hydrogen (secondary N) is 1. The average molecular weight is 658 g/mol. The van der Waals surface area contributed by atoms with Gasteiger partial charge < -0.3 is 25.5 Å². The number of nitrogens with zero attached hydrogens (tertiary/aromatic N) is 2. The third kappa shape index (κ3) is 6.14. The number of sulfonamides is 1. The van der Waals surface area contributed by atoms with Gasteiger partial charge in [0.15, 0.2) is 0 Å². The molecule has 242 valence electrons. The SMILES string of the molecule is O=C(O)NCC1(O)CCN(C(=O)C[C@@H]2CCc3cc(C(O)(C(F)(F)F)C(F)(F)F)ccc3N2S(=O)(=O)c2ccc(F)cc2)C1. The zero-order valence-electron chi connectivity index (χ0n) is 22.5. The summed E-state index contributed by atoms with van der Waals surface area (Å²) in [6, 6.07) is 3.61. The number of benzene rings is 2. The molecular weight excluding hydrogens is 631 g/mol. The molecule has 0 radical (unpaired) electrons. The van der Waals surface area contributed by atoms with E-state index in [2.05, 4.69) is 0 Å². The van der Waals surface area contributed by atoms with Crippen LogP contribution in [0.25, 0.3) is 0 Å². The van der Waals surface area contributed by atoms with Gasteiger partial charge in [-0.25, -0.2) is 17.6 Å². The second-order valence-corrected chi connectivity index (χ2v) is 12.5. The topological polar surface area (TPSA) is 147 Å². The highest BCUT2D eigenvalue weighted by Crippen LogP contribution is 2.51. The molecule has 2 aromatic rings. The summed E-state index contributed by atoms with van der Waals surface area (Å²) >= 11 is 0. The van der Waals surface area contributed by atoms with Crippen molar-refractivity contribution < 1.29 is 64.1 Å². The highest BCUT2D eigenvalue weighted by Gasteiger charge is 2.71. The van der Waals surface area contributed by atoms with Crippen LogP contribution >= 0.6 is 0 Å². The van der Waals surface area contributed by atoms with Crippen LogP contribution in [-0.2, 0) is 26.8 Å². The molecule has 18 heteroatoms.